The van der Waals surface area contributed by atoms with E-state index in [9.17, 15) is 14.9 Å². The molecule has 1 aromatic heterocycles. The van der Waals surface area contributed by atoms with Crippen molar-refractivity contribution in [2.24, 2.45) is 0 Å². The van der Waals surface area contributed by atoms with Crippen LogP contribution in [0, 0.1) is 17.0 Å². The van der Waals surface area contributed by atoms with E-state index in [1.165, 1.54) is 12.1 Å². The third kappa shape index (κ3) is 3.23. The van der Waals surface area contributed by atoms with E-state index in [-0.39, 0.29) is 24.0 Å². The van der Waals surface area contributed by atoms with Gasteiger partial charge in [0.15, 0.2) is 12.4 Å². The molecule has 0 aliphatic carbocycles. The van der Waals surface area contributed by atoms with Gasteiger partial charge >= 0.3 is 5.69 Å². The number of fused-ring (bicyclic) bond motifs is 3. The summed E-state index contributed by atoms with van der Waals surface area (Å²) < 4.78 is 5.48. The number of aromatic nitrogens is 1. The van der Waals surface area contributed by atoms with Gasteiger partial charge in [0.2, 0.25) is 0 Å². The van der Waals surface area contributed by atoms with Crippen LogP contribution in [0.25, 0.3) is 10.9 Å². The molecule has 0 fully saturated rings. The summed E-state index contributed by atoms with van der Waals surface area (Å²) in [6, 6.07) is 12.7. The fourth-order valence-corrected chi connectivity index (χ4v) is 3.50. The number of ether oxygens (including phenoxy) is 1. The molecule has 1 aliphatic heterocycles. The molecule has 7 heteroatoms. The number of nitrogens with zero attached hydrogens (tertiary/aromatic N) is 2. The second-order valence-electron chi connectivity index (χ2n) is 6.71. The molecule has 4 rings (SSSR count). The zero-order chi connectivity index (χ0) is 19.0. The number of benzene rings is 2. The number of nitro groups is 1. The molecule has 0 atom stereocenters. The van der Waals surface area contributed by atoms with Crippen LogP contribution in [-0.2, 0) is 17.8 Å². The Hall–Kier alpha value is -3.35. The van der Waals surface area contributed by atoms with E-state index in [1.54, 1.807) is 17.9 Å². The van der Waals surface area contributed by atoms with Crippen molar-refractivity contribution in [1.29, 1.82) is 0 Å². The van der Waals surface area contributed by atoms with Crippen LogP contribution in [0.15, 0.2) is 42.5 Å². The zero-order valence-electron chi connectivity index (χ0n) is 14.9. The average Bonchev–Trinajstić information content (AvgIpc) is 3.04. The number of nitrogens with one attached hydrogen (secondary N) is 1. The molecule has 2 aromatic carbocycles. The quantitative estimate of drug-likeness (QED) is 0.567. The van der Waals surface area contributed by atoms with E-state index in [2.05, 4.69) is 4.98 Å². The molecule has 1 aliphatic rings. The second kappa shape index (κ2) is 6.75. The molecule has 0 saturated carbocycles. The van der Waals surface area contributed by atoms with Gasteiger partial charge < -0.3 is 14.6 Å². The summed E-state index contributed by atoms with van der Waals surface area (Å²) in [7, 11) is 0. The fraction of sp³-hybridized carbons (Fsp3) is 0.250. The van der Waals surface area contributed by atoms with E-state index >= 15 is 0 Å². The molecule has 0 spiro atoms. The highest BCUT2D eigenvalue weighted by molar-refractivity contribution is 5.86. The van der Waals surface area contributed by atoms with Crippen molar-refractivity contribution in [3.8, 4) is 5.75 Å². The van der Waals surface area contributed by atoms with Gasteiger partial charge in [-0.25, -0.2) is 0 Å². The maximum atomic E-state index is 12.6. The largest absolute Gasteiger partial charge is 0.477 e. The topological polar surface area (TPSA) is 88.5 Å². The molecular formula is C20H19N3O4. The minimum Gasteiger partial charge on any atom is -0.477 e. The third-order valence-corrected chi connectivity index (χ3v) is 4.90. The summed E-state index contributed by atoms with van der Waals surface area (Å²) in [5.74, 6) is -0.0652. The van der Waals surface area contributed by atoms with Gasteiger partial charge in [-0.05, 0) is 24.6 Å². The molecule has 138 valence electrons. The van der Waals surface area contributed by atoms with Gasteiger partial charge in [0.1, 0.15) is 0 Å². The summed E-state index contributed by atoms with van der Waals surface area (Å²) in [4.78, 5) is 28.4. The predicted molar refractivity (Wildman–Crippen MR) is 101 cm³/mol. The number of amides is 1. The van der Waals surface area contributed by atoms with E-state index < -0.39 is 4.92 Å². The Labute approximate surface area is 155 Å². The Morgan fingerprint density at radius 3 is 2.93 bits per heavy atom. The van der Waals surface area contributed by atoms with Crippen LogP contribution in [0.3, 0.4) is 0 Å². The summed E-state index contributed by atoms with van der Waals surface area (Å²) >= 11 is 0. The highest BCUT2D eigenvalue weighted by Crippen LogP contribution is 2.29. The molecule has 1 amide bonds. The van der Waals surface area contributed by atoms with Crippen LogP contribution in [0.5, 0.6) is 5.75 Å². The number of rotatable bonds is 4. The van der Waals surface area contributed by atoms with Crippen molar-refractivity contribution in [3.05, 3.63) is 69.4 Å². The number of para-hydroxylation sites is 1. The molecule has 0 bridgehead atoms. The Morgan fingerprint density at radius 2 is 2.11 bits per heavy atom. The molecule has 0 saturated heterocycles. The Bertz CT molecular complexity index is 1040. The summed E-state index contributed by atoms with van der Waals surface area (Å²) in [6.07, 6.45) is 0.750. The van der Waals surface area contributed by atoms with Gasteiger partial charge in [0.05, 0.1) is 4.92 Å². The minimum atomic E-state index is -0.494. The summed E-state index contributed by atoms with van der Waals surface area (Å²) in [5.41, 5.74) is 4.01. The van der Waals surface area contributed by atoms with Crippen molar-refractivity contribution in [3.63, 3.8) is 0 Å². The number of nitro benzene ring substituents is 1. The first kappa shape index (κ1) is 17.1. The fourth-order valence-electron chi connectivity index (χ4n) is 3.50. The van der Waals surface area contributed by atoms with Crippen molar-refractivity contribution < 1.29 is 14.5 Å². The standard InChI is InChI=1S/C20H19N3O4/c1-13-6-7-19(18(10-13)23(25)26)27-12-20(24)22-9-8-17-15(11-22)14-4-2-3-5-16(14)21-17/h2-7,10,21H,8-9,11-12H2,1H3. The van der Waals surface area contributed by atoms with Crippen LogP contribution in [0.2, 0.25) is 0 Å². The third-order valence-electron chi connectivity index (χ3n) is 4.90. The van der Waals surface area contributed by atoms with Crippen LogP contribution in [-0.4, -0.2) is 33.9 Å². The van der Waals surface area contributed by atoms with Crippen LogP contribution in [0.4, 0.5) is 5.69 Å². The lowest BCUT2D eigenvalue weighted by molar-refractivity contribution is -0.385. The first-order chi connectivity index (χ1) is 13.0. The molecular weight excluding hydrogens is 346 g/mol. The maximum absolute atomic E-state index is 12.6. The normalized spacial score (nSPS) is 13.4. The van der Waals surface area contributed by atoms with Gasteiger partial charge in [-0.15, -0.1) is 0 Å². The monoisotopic (exact) mass is 365 g/mol. The van der Waals surface area contributed by atoms with Gasteiger partial charge in [-0.3, -0.25) is 14.9 Å². The number of carbonyl (C=O) groups is 1. The van der Waals surface area contributed by atoms with Crippen molar-refractivity contribution in [2.75, 3.05) is 13.2 Å². The smallest absolute Gasteiger partial charge is 0.311 e. The molecule has 27 heavy (non-hydrogen) atoms. The number of hydrogen-bond donors (Lipinski definition) is 1. The summed E-state index contributed by atoms with van der Waals surface area (Å²) in [5, 5.41) is 12.3. The lowest BCUT2D eigenvalue weighted by Gasteiger charge is -2.27. The van der Waals surface area contributed by atoms with E-state index in [4.69, 9.17) is 4.74 Å². The van der Waals surface area contributed by atoms with Gasteiger partial charge in [-0.1, -0.05) is 24.3 Å². The number of carbonyl (C=O) groups excluding carboxylic acids is 1. The number of H-pyrrole nitrogens is 1. The van der Waals surface area contributed by atoms with Gasteiger partial charge in [0.25, 0.3) is 5.91 Å². The second-order valence-corrected chi connectivity index (χ2v) is 6.71. The van der Waals surface area contributed by atoms with Crippen LogP contribution in [0.1, 0.15) is 16.8 Å². The molecule has 2 heterocycles. The first-order valence-electron chi connectivity index (χ1n) is 8.77. The minimum absolute atomic E-state index is 0.115. The highest BCUT2D eigenvalue weighted by Gasteiger charge is 2.25. The van der Waals surface area contributed by atoms with Crippen LogP contribution < -0.4 is 4.74 Å². The van der Waals surface area contributed by atoms with Crippen molar-refractivity contribution >= 4 is 22.5 Å². The van der Waals surface area contributed by atoms with Crippen molar-refractivity contribution in [1.82, 2.24) is 9.88 Å². The predicted octanol–water partition coefficient (Wildman–Crippen LogP) is 3.35. The van der Waals surface area contributed by atoms with Gasteiger partial charge in [-0.2, -0.15) is 0 Å². The van der Waals surface area contributed by atoms with Crippen LogP contribution >= 0.6 is 0 Å². The molecule has 0 unspecified atom stereocenters. The molecule has 1 N–H and O–H groups in total. The number of aromatic amines is 1. The summed E-state index contributed by atoms with van der Waals surface area (Å²) in [6.45, 7) is 2.66. The number of aryl methyl sites for hydroxylation is 1. The molecule has 3 aromatic rings. The van der Waals surface area contributed by atoms with E-state index in [0.717, 1.165) is 34.1 Å². The Balaban J connectivity index is 1.48. The Kier molecular flexibility index (Phi) is 4.27. The zero-order valence-corrected chi connectivity index (χ0v) is 14.9. The van der Waals surface area contributed by atoms with Crippen molar-refractivity contribution in [2.45, 2.75) is 19.9 Å². The maximum Gasteiger partial charge on any atom is 0.311 e. The molecule has 7 nitrogen and oxygen atoms in total. The van der Waals surface area contributed by atoms with E-state index in [0.29, 0.717) is 13.1 Å². The number of hydrogen-bond acceptors (Lipinski definition) is 4. The average molecular weight is 365 g/mol. The highest BCUT2D eigenvalue weighted by atomic mass is 16.6. The van der Waals surface area contributed by atoms with Gasteiger partial charge in [0, 0.05) is 47.7 Å². The SMILES string of the molecule is Cc1ccc(OCC(=O)N2CCc3[nH]c4ccccc4c3C2)c([N+](=O)[O-])c1. The lowest BCUT2D eigenvalue weighted by atomic mass is 10.0. The Morgan fingerprint density at radius 1 is 1.30 bits per heavy atom. The first-order valence-corrected chi connectivity index (χ1v) is 8.77. The molecule has 0 radical (unpaired) electrons. The van der Waals surface area contributed by atoms with E-state index in [1.807, 2.05) is 24.3 Å². The lowest BCUT2D eigenvalue weighted by Crippen LogP contribution is -2.38.